The van der Waals surface area contributed by atoms with Gasteiger partial charge in [-0.05, 0) is 73.6 Å². The Kier molecular flexibility index (Phi) is 6.76. The molecule has 1 N–H and O–H groups in total. The Balaban J connectivity index is 1.27. The molecule has 0 fully saturated rings. The summed E-state index contributed by atoms with van der Waals surface area (Å²) in [4.78, 5) is 12.3. The Labute approximate surface area is 185 Å². The predicted molar refractivity (Wildman–Crippen MR) is 119 cm³/mol. The van der Waals surface area contributed by atoms with Gasteiger partial charge in [0.05, 0.1) is 18.6 Å². The van der Waals surface area contributed by atoms with E-state index in [4.69, 9.17) is 13.9 Å². The molecule has 0 bridgehead atoms. The molecular formula is C23H25N3O4S. The maximum Gasteiger partial charge on any atom is 0.277 e. The van der Waals surface area contributed by atoms with Crippen LogP contribution in [0.3, 0.4) is 0 Å². The molecule has 0 saturated carbocycles. The van der Waals surface area contributed by atoms with Crippen LogP contribution < -0.4 is 14.8 Å². The molecule has 162 valence electrons. The SMILES string of the molecule is COc1ccc(C)cc1NC(=O)CSc1nnc(COc2ccc3c(c2)CCCC3)o1. The molecule has 31 heavy (non-hydrogen) atoms. The topological polar surface area (TPSA) is 86.5 Å². The standard InChI is InChI=1S/C23H25N3O4S/c1-15-7-10-20(28-2)19(11-15)24-21(27)14-31-23-26-25-22(30-23)13-29-18-9-8-16-5-3-4-6-17(16)12-18/h7-12H,3-6,13-14H2,1-2H3,(H,24,27). The number of methoxy groups -OCH3 is 1. The number of aromatic nitrogens is 2. The Bertz CT molecular complexity index is 1070. The van der Waals surface area contributed by atoms with Crippen molar-refractivity contribution in [2.24, 2.45) is 0 Å². The number of hydrogen-bond acceptors (Lipinski definition) is 7. The normalized spacial score (nSPS) is 12.8. The second kappa shape index (κ2) is 9.87. The van der Waals surface area contributed by atoms with Crippen LogP contribution in [0.2, 0.25) is 0 Å². The van der Waals surface area contributed by atoms with Gasteiger partial charge >= 0.3 is 0 Å². The minimum atomic E-state index is -0.182. The molecule has 0 radical (unpaired) electrons. The third-order valence-corrected chi connectivity index (χ3v) is 5.90. The van der Waals surface area contributed by atoms with Gasteiger partial charge in [-0.2, -0.15) is 0 Å². The van der Waals surface area contributed by atoms with Crippen molar-refractivity contribution in [3.05, 3.63) is 59.0 Å². The number of ether oxygens (including phenoxy) is 2. The van der Waals surface area contributed by atoms with Crippen LogP contribution in [0.5, 0.6) is 11.5 Å². The van der Waals surface area contributed by atoms with Crippen LogP contribution in [0.15, 0.2) is 46.0 Å². The number of aryl methyl sites for hydroxylation is 3. The van der Waals surface area contributed by atoms with E-state index in [-0.39, 0.29) is 18.3 Å². The summed E-state index contributed by atoms with van der Waals surface area (Å²) >= 11 is 1.18. The van der Waals surface area contributed by atoms with Crippen molar-refractivity contribution in [1.29, 1.82) is 0 Å². The average Bonchev–Trinajstić information content (AvgIpc) is 3.24. The highest BCUT2D eigenvalue weighted by atomic mass is 32.2. The minimum Gasteiger partial charge on any atom is -0.495 e. The van der Waals surface area contributed by atoms with Crippen molar-refractivity contribution < 1.29 is 18.7 Å². The third-order valence-electron chi connectivity index (χ3n) is 5.09. The molecule has 0 aliphatic heterocycles. The Hall–Kier alpha value is -3.00. The van der Waals surface area contributed by atoms with Crippen molar-refractivity contribution in [3.63, 3.8) is 0 Å². The summed E-state index contributed by atoms with van der Waals surface area (Å²) in [6, 6.07) is 11.8. The largest absolute Gasteiger partial charge is 0.495 e. The molecule has 1 aliphatic carbocycles. The molecule has 1 aromatic heterocycles. The van der Waals surface area contributed by atoms with Gasteiger partial charge in [0.2, 0.25) is 5.91 Å². The van der Waals surface area contributed by atoms with Gasteiger partial charge in [-0.1, -0.05) is 23.9 Å². The number of amides is 1. The molecule has 4 rings (SSSR count). The van der Waals surface area contributed by atoms with E-state index in [1.54, 1.807) is 7.11 Å². The van der Waals surface area contributed by atoms with Gasteiger partial charge in [0.25, 0.3) is 11.1 Å². The first-order valence-corrected chi connectivity index (χ1v) is 11.2. The van der Waals surface area contributed by atoms with E-state index in [9.17, 15) is 4.79 Å². The lowest BCUT2D eigenvalue weighted by Gasteiger charge is -2.16. The molecule has 3 aromatic rings. The molecule has 1 aliphatic rings. The zero-order valence-corrected chi connectivity index (χ0v) is 18.5. The van der Waals surface area contributed by atoms with Gasteiger partial charge in [-0.15, -0.1) is 10.2 Å². The Morgan fingerprint density at radius 2 is 1.97 bits per heavy atom. The summed E-state index contributed by atoms with van der Waals surface area (Å²) in [6.45, 7) is 2.15. The van der Waals surface area contributed by atoms with Crippen LogP contribution in [-0.2, 0) is 24.2 Å². The fourth-order valence-electron chi connectivity index (χ4n) is 3.53. The molecule has 1 heterocycles. The van der Waals surface area contributed by atoms with Crippen molar-refractivity contribution in [3.8, 4) is 11.5 Å². The van der Waals surface area contributed by atoms with Crippen LogP contribution >= 0.6 is 11.8 Å². The number of thioether (sulfide) groups is 1. The number of carbonyl (C=O) groups excluding carboxylic acids is 1. The minimum absolute atomic E-state index is 0.143. The molecule has 7 nitrogen and oxygen atoms in total. The van der Waals surface area contributed by atoms with Crippen molar-refractivity contribution in [2.75, 3.05) is 18.2 Å². The average molecular weight is 440 g/mol. The predicted octanol–water partition coefficient (Wildman–Crippen LogP) is 4.58. The highest BCUT2D eigenvalue weighted by Gasteiger charge is 2.14. The van der Waals surface area contributed by atoms with Crippen LogP contribution in [0.4, 0.5) is 5.69 Å². The van der Waals surface area contributed by atoms with Crippen LogP contribution in [0.1, 0.15) is 35.4 Å². The maximum atomic E-state index is 12.3. The quantitative estimate of drug-likeness (QED) is 0.514. The van der Waals surface area contributed by atoms with Crippen molar-refractivity contribution in [2.45, 2.75) is 44.4 Å². The molecule has 0 spiro atoms. The molecule has 8 heteroatoms. The smallest absolute Gasteiger partial charge is 0.277 e. The zero-order chi connectivity index (χ0) is 21.6. The van der Waals surface area contributed by atoms with Gasteiger partial charge in [-0.3, -0.25) is 4.79 Å². The van der Waals surface area contributed by atoms with E-state index in [2.05, 4.69) is 27.6 Å². The van der Waals surface area contributed by atoms with Crippen LogP contribution in [0, 0.1) is 6.92 Å². The van der Waals surface area contributed by atoms with E-state index in [0.717, 1.165) is 24.2 Å². The van der Waals surface area contributed by atoms with Gasteiger partial charge in [0.15, 0.2) is 6.61 Å². The highest BCUT2D eigenvalue weighted by Crippen LogP contribution is 2.27. The summed E-state index contributed by atoms with van der Waals surface area (Å²) in [5.74, 6) is 1.76. The van der Waals surface area contributed by atoms with Crippen molar-refractivity contribution in [1.82, 2.24) is 10.2 Å². The second-order valence-corrected chi connectivity index (χ2v) is 8.36. The lowest BCUT2D eigenvalue weighted by atomic mass is 9.92. The second-order valence-electron chi connectivity index (χ2n) is 7.43. The van der Waals surface area contributed by atoms with Crippen LogP contribution in [-0.4, -0.2) is 29.0 Å². The number of anilines is 1. The fraction of sp³-hybridized carbons (Fsp3) is 0.348. The molecule has 0 unspecified atom stereocenters. The summed E-state index contributed by atoms with van der Waals surface area (Å²) in [5, 5.41) is 11.2. The molecule has 0 saturated heterocycles. The van der Waals surface area contributed by atoms with E-state index in [1.807, 2.05) is 31.2 Å². The van der Waals surface area contributed by atoms with Crippen LogP contribution in [0.25, 0.3) is 0 Å². The number of rotatable bonds is 8. The summed E-state index contributed by atoms with van der Waals surface area (Å²) in [6.07, 6.45) is 4.73. The molecule has 2 aromatic carbocycles. The Morgan fingerprint density at radius 3 is 2.81 bits per heavy atom. The lowest BCUT2D eigenvalue weighted by molar-refractivity contribution is -0.113. The van der Waals surface area contributed by atoms with E-state index in [0.29, 0.717) is 22.6 Å². The monoisotopic (exact) mass is 439 g/mol. The third kappa shape index (κ3) is 5.58. The molecule has 1 amide bonds. The number of nitrogens with zero attached hydrogens (tertiary/aromatic N) is 2. The van der Waals surface area contributed by atoms with Gasteiger partial charge < -0.3 is 19.2 Å². The first-order valence-electron chi connectivity index (χ1n) is 10.2. The zero-order valence-electron chi connectivity index (χ0n) is 17.6. The van der Waals surface area contributed by atoms with Gasteiger partial charge in [0.1, 0.15) is 11.5 Å². The summed E-state index contributed by atoms with van der Waals surface area (Å²) < 4.78 is 16.7. The lowest BCUT2D eigenvalue weighted by Crippen LogP contribution is -2.14. The van der Waals surface area contributed by atoms with E-state index >= 15 is 0 Å². The molecular weight excluding hydrogens is 414 g/mol. The Morgan fingerprint density at radius 1 is 1.13 bits per heavy atom. The number of nitrogens with one attached hydrogen (secondary N) is 1. The van der Waals surface area contributed by atoms with E-state index in [1.165, 1.54) is 35.7 Å². The number of fused-ring (bicyclic) bond motifs is 1. The highest BCUT2D eigenvalue weighted by molar-refractivity contribution is 7.99. The first-order chi connectivity index (χ1) is 15.1. The van der Waals surface area contributed by atoms with Gasteiger partial charge in [0, 0.05) is 0 Å². The first kappa shape index (κ1) is 21.2. The summed E-state index contributed by atoms with van der Waals surface area (Å²) in [7, 11) is 1.57. The van der Waals surface area contributed by atoms with E-state index < -0.39 is 0 Å². The molecule has 0 atom stereocenters. The number of benzene rings is 2. The number of carbonyl (C=O) groups is 1. The fourth-order valence-corrected chi connectivity index (χ4v) is 4.11. The van der Waals surface area contributed by atoms with Gasteiger partial charge in [-0.25, -0.2) is 0 Å². The van der Waals surface area contributed by atoms with Crippen molar-refractivity contribution >= 4 is 23.4 Å². The number of hydrogen-bond donors (Lipinski definition) is 1. The summed E-state index contributed by atoms with van der Waals surface area (Å²) in [5.41, 5.74) is 4.44. The maximum absolute atomic E-state index is 12.3.